The zero-order valence-corrected chi connectivity index (χ0v) is 14.2. The molecule has 134 valence electrons. The Kier molecular flexibility index (Phi) is 5.02. The Morgan fingerprint density at radius 2 is 2.00 bits per heavy atom. The van der Waals surface area contributed by atoms with Gasteiger partial charge in [0.1, 0.15) is 11.6 Å². The lowest BCUT2D eigenvalue weighted by Gasteiger charge is -2.34. The highest BCUT2D eigenvalue weighted by Gasteiger charge is 2.36. The molecule has 0 radical (unpaired) electrons. The summed E-state index contributed by atoms with van der Waals surface area (Å²) >= 11 is 0. The fraction of sp³-hybridized carbons (Fsp3) is 0.800. The number of amides is 1. The number of carbonyl (C=O) groups excluding carboxylic acids is 1. The molecule has 1 amide bonds. The summed E-state index contributed by atoms with van der Waals surface area (Å²) in [7, 11) is 0. The average molecular weight is 341 g/mol. The first kappa shape index (κ1) is 17.1. The minimum atomic E-state index is -0.574. The van der Waals surface area contributed by atoms with E-state index in [2.05, 4.69) is 10.1 Å². The van der Waals surface area contributed by atoms with Crippen LogP contribution in [0.2, 0.25) is 0 Å². The van der Waals surface area contributed by atoms with Crippen molar-refractivity contribution in [3.05, 3.63) is 11.7 Å². The third kappa shape index (κ3) is 4.03. The molecule has 2 aliphatic heterocycles. The molecular formula is C15H23N3O6. The molecule has 3 rings (SSSR count). The normalized spacial score (nSPS) is 25.5. The summed E-state index contributed by atoms with van der Waals surface area (Å²) in [5.74, 6) is 0.726. The van der Waals surface area contributed by atoms with Crippen molar-refractivity contribution in [2.24, 2.45) is 0 Å². The van der Waals surface area contributed by atoms with Crippen molar-refractivity contribution in [3.8, 4) is 0 Å². The topological polar surface area (TPSA) is 96.2 Å². The van der Waals surface area contributed by atoms with E-state index in [0.717, 1.165) is 0 Å². The fourth-order valence-corrected chi connectivity index (χ4v) is 2.50. The smallest absolute Gasteiger partial charge is 0.411 e. The number of carbonyl (C=O) groups is 1. The molecule has 3 heterocycles. The van der Waals surface area contributed by atoms with Gasteiger partial charge in [0, 0.05) is 6.54 Å². The van der Waals surface area contributed by atoms with Crippen LogP contribution in [-0.4, -0.2) is 66.3 Å². The quantitative estimate of drug-likeness (QED) is 0.798. The average Bonchev–Trinajstić information content (AvgIpc) is 3.04. The van der Waals surface area contributed by atoms with E-state index in [1.807, 2.05) is 20.8 Å². The number of hydrogen-bond acceptors (Lipinski definition) is 8. The number of nitrogens with zero attached hydrogens (tertiary/aromatic N) is 3. The Morgan fingerprint density at radius 1 is 1.21 bits per heavy atom. The van der Waals surface area contributed by atoms with E-state index in [0.29, 0.717) is 51.3 Å². The Morgan fingerprint density at radius 3 is 2.71 bits per heavy atom. The van der Waals surface area contributed by atoms with Gasteiger partial charge in [0.05, 0.1) is 33.0 Å². The Balaban J connectivity index is 1.73. The third-order valence-electron chi connectivity index (χ3n) is 3.60. The summed E-state index contributed by atoms with van der Waals surface area (Å²) in [6, 6.07) is -0.449. The maximum atomic E-state index is 12.4. The molecule has 0 N–H and O–H groups in total. The summed E-state index contributed by atoms with van der Waals surface area (Å²) in [6.07, 6.45) is -0.793. The van der Waals surface area contributed by atoms with E-state index < -0.39 is 17.7 Å². The van der Waals surface area contributed by atoms with Crippen molar-refractivity contribution in [2.75, 3.05) is 39.6 Å². The third-order valence-corrected chi connectivity index (χ3v) is 3.60. The largest absolute Gasteiger partial charge is 0.444 e. The predicted molar refractivity (Wildman–Crippen MR) is 80.3 cm³/mol. The van der Waals surface area contributed by atoms with E-state index in [1.54, 1.807) is 4.90 Å². The van der Waals surface area contributed by atoms with Crippen LogP contribution in [0.4, 0.5) is 4.79 Å². The molecule has 0 spiro atoms. The molecule has 1 aromatic heterocycles. The molecule has 0 bridgehead atoms. The van der Waals surface area contributed by atoms with Crippen LogP contribution in [0, 0.1) is 0 Å². The standard InChI is InChI=1S/C15H23N3O6/c1-15(2,3)23-14(19)18-4-5-20-8-10(18)12-16-13(24-17-12)11-9-21-6-7-22-11/h10-11H,4-9H2,1-3H3/t10-,11-/m1/s1. The molecule has 1 aromatic rings. The van der Waals surface area contributed by atoms with Gasteiger partial charge in [-0.3, -0.25) is 4.90 Å². The zero-order chi connectivity index (χ0) is 17.2. The van der Waals surface area contributed by atoms with Crippen LogP contribution in [-0.2, 0) is 18.9 Å². The fourth-order valence-electron chi connectivity index (χ4n) is 2.50. The summed E-state index contributed by atoms with van der Waals surface area (Å²) in [6.45, 7) is 8.04. The second-order valence-electron chi connectivity index (χ2n) is 6.69. The van der Waals surface area contributed by atoms with Gasteiger partial charge < -0.3 is 23.5 Å². The van der Waals surface area contributed by atoms with Crippen LogP contribution in [0.1, 0.15) is 44.6 Å². The minimum absolute atomic E-state index is 0.292. The predicted octanol–water partition coefficient (Wildman–Crippen LogP) is 1.47. The van der Waals surface area contributed by atoms with E-state index in [-0.39, 0.29) is 6.10 Å². The van der Waals surface area contributed by atoms with E-state index in [4.69, 9.17) is 23.5 Å². The maximum absolute atomic E-state index is 12.4. The van der Waals surface area contributed by atoms with E-state index in [9.17, 15) is 4.79 Å². The Bertz CT molecular complexity index is 564. The molecule has 2 atom stereocenters. The summed E-state index contributed by atoms with van der Waals surface area (Å²) in [4.78, 5) is 18.4. The minimum Gasteiger partial charge on any atom is -0.444 e. The van der Waals surface area contributed by atoms with Crippen LogP contribution >= 0.6 is 0 Å². The number of ether oxygens (including phenoxy) is 4. The van der Waals surface area contributed by atoms with Crippen molar-refractivity contribution in [1.82, 2.24) is 15.0 Å². The molecular weight excluding hydrogens is 318 g/mol. The van der Waals surface area contributed by atoms with Crippen LogP contribution in [0.5, 0.6) is 0 Å². The van der Waals surface area contributed by atoms with E-state index >= 15 is 0 Å². The number of aromatic nitrogens is 2. The monoisotopic (exact) mass is 341 g/mol. The van der Waals surface area contributed by atoms with Crippen molar-refractivity contribution < 1.29 is 28.3 Å². The van der Waals surface area contributed by atoms with Gasteiger partial charge in [-0.05, 0) is 20.8 Å². The lowest BCUT2D eigenvalue weighted by molar-refractivity contribution is -0.101. The molecule has 2 fully saturated rings. The van der Waals surface area contributed by atoms with Crippen LogP contribution in [0.3, 0.4) is 0 Å². The zero-order valence-electron chi connectivity index (χ0n) is 14.2. The van der Waals surface area contributed by atoms with Gasteiger partial charge in [-0.15, -0.1) is 0 Å². The first-order valence-corrected chi connectivity index (χ1v) is 8.04. The van der Waals surface area contributed by atoms with Crippen molar-refractivity contribution in [1.29, 1.82) is 0 Å². The molecule has 2 saturated heterocycles. The van der Waals surface area contributed by atoms with Crippen LogP contribution < -0.4 is 0 Å². The van der Waals surface area contributed by atoms with Crippen molar-refractivity contribution >= 4 is 6.09 Å². The van der Waals surface area contributed by atoms with Crippen molar-refractivity contribution in [3.63, 3.8) is 0 Å². The molecule has 0 aromatic carbocycles. The Labute approximate surface area is 140 Å². The van der Waals surface area contributed by atoms with Gasteiger partial charge in [0.25, 0.3) is 5.89 Å². The first-order chi connectivity index (χ1) is 11.4. The molecule has 0 unspecified atom stereocenters. The van der Waals surface area contributed by atoms with Gasteiger partial charge in [0.2, 0.25) is 0 Å². The van der Waals surface area contributed by atoms with Gasteiger partial charge in [-0.1, -0.05) is 5.16 Å². The highest BCUT2D eigenvalue weighted by Crippen LogP contribution is 2.26. The van der Waals surface area contributed by atoms with Gasteiger partial charge in [-0.25, -0.2) is 4.79 Å². The molecule has 24 heavy (non-hydrogen) atoms. The number of morpholine rings is 1. The second kappa shape index (κ2) is 7.04. The van der Waals surface area contributed by atoms with E-state index in [1.165, 1.54) is 0 Å². The molecule has 2 aliphatic rings. The lowest BCUT2D eigenvalue weighted by atomic mass is 10.2. The Hall–Kier alpha value is -1.71. The van der Waals surface area contributed by atoms with Crippen LogP contribution in [0.25, 0.3) is 0 Å². The molecule has 9 nitrogen and oxygen atoms in total. The molecule has 9 heteroatoms. The van der Waals surface area contributed by atoms with Gasteiger partial charge in [-0.2, -0.15) is 4.98 Å². The first-order valence-electron chi connectivity index (χ1n) is 8.04. The number of rotatable bonds is 2. The SMILES string of the molecule is CC(C)(C)OC(=O)N1CCOC[C@@H]1c1noc([C@H]2COCCO2)n1. The summed E-state index contributed by atoms with van der Waals surface area (Å²) < 4.78 is 27.1. The van der Waals surface area contributed by atoms with Crippen molar-refractivity contribution in [2.45, 2.75) is 38.5 Å². The van der Waals surface area contributed by atoms with Crippen LogP contribution in [0.15, 0.2) is 4.52 Å². The number of hydrogen-bond donors (Lipinski definition) is 0. The van der Waals surface area contributed by atoms with Gasteiger partial charge >= 0.3 is 6.09 Å². The summed E-state index contributed by atoms with van der Waals surface area (Å²) in [5.41, 5.74) is -0.574. The highest BCUT2D eigenvalue weighted by molar-refractivity contribution is 5.68. The molecule has 0 aliphatic carbocycles. The maximum Gasteiger partial charge on any atom is 0.411 e. The lowest BCUT2D eigenvalue weighted by Crippen LogP contribution is -2.46. The second-order valence-corrected chi connectivity index (χ2v) is 6.69. The highest BCUT2D eigenvalue weighted by atomic mass is 16.6. The molecule has 0 saturated carbocycles. The summed E-state index contributed by atoms with van der Waals surface area (Å²) in [5, 5.41) is 3.99. The van der Waals surface area contributed by atoms with Gasteiger partial charge in [0.15, 0.2) is 11.9 Å².